The van der Waals surface area contributed by atoms with Crippen molar-refractivity contribution in [3.8, 4) is 0 Å². The van der Waals surface area contributed by atoms with Gasteiger partial charge < -0.3 is 5.73 Å². The van der Waals surface area contributed by atoms with Crippen LogP contribution in [-0.4, -0.2) is 16.5 Å². The van der Waals surface area contributed by atoms with E-state index in [4.69, 9.17) is 5.73 Å². The third-order valence-corrected chi connectivity index (χ3v) is 7.50. The maximum atomic E-state index is 6.51. The summed E-state index contributed by atoms with van der Waals surface area (Å²) in [4.78, 5) is 0. The fraction of sp³-hybridized carbons (Fsp3) is 0.727. The van der Waals surface area contributed by atoms with Gasteiger partial charge in [0.2, 0.25) is 0 Å². The second kappa shape index (κ2) is 7.83. The lowest BCUT2D eigenvalue weighted by molar-refractivity contribution is 0.418. The van der Waals surface area contributed by atoms with Gasteiger partial charge in [0, 0.05) is 5.54 Å². The number of nitrogens with two attached hydrogens (primary N) is 1. The molecule has 0 heterocycles. The van der Waals surface area contributed by atoms with Crippen molar-refractivity contribution in [1.82, 2.24) is 0 Å². The van der Waals surface area contributed by atoms with Crippen LogP contribution in [-0.2, 0) is 12.8 Å². The first kappa shape index (κ1) is 18.3. The molecule has 1 fully saturated rings. The molecule has 0 aliphatic heterocycles. The molecular weight excluding hydrogens is 310 g/mol. The van der Waals surface area contributed by atoms with E-state index in [2.05, 4.69) is 50.7 Å². The van der Waals surface area contributed by atoms with Crippen LogP contribution in [0, 0.1) is 5.92 Å². The van der Waals surface area contributed by atoms with Gasteiger partial charge >= 0.3 is 0 Å². The Bertz CT molecular complexity index is 553. The second-order valence-electron chi connectivity index (χ2n) is 8.50. The van der Waals surface area contributed by atoms with E-state index in [1.165, 1.54) is 50.7 Å². The highest BCUT2D eigenvalue weighted by Gasteiger charge is 2.35. The van der Waals surface area contributed by atoms with Gasteiger partial charge in [-0.1, -0.05) is 39.0 Å². The van der Waals surface area contributed by atoms with Gasteiger partial charge in [-0.05, 0) is 90.9 Å². The van der Waals surface area contributed by atoms with Crippen LogP contribution >= 0.6 is 11.8 Å². The summed E-state index contributed by atoms with van der Waals surface area (Å²) >= 11 is 2.12. The Balaban J connectivity index is 1.60. The average Bonchev–Trinajstić information content (AvgIpc) is 2.97. The number of rotatable bonds is 6. The molecule has 134 valence electrons. The van der Waals surface area contributed by atoms with Crippen molar-refractivity contribution in [2.75, 3.05) is 5.75 Å². The molecule has 0 radical (unpaired) electrons. The highest BCUT2D eigenvalue weighted by molar-refractivity contribution is 7.99. The number of benzene rings is 1. The van der Waals surface area contributed by atoms with E-state index in [1.807, 2.05) is 0 Å². The lowest BCUT2D eigenvalue weighted by atomic mass is 9.80. The van der Waals surface area contributed by atoms with Crippen LogP contribution in [0.2, 0.25) is 0 Å². The Labute approximate surface area is 153 Å². The van der Waals surface area contributed by atoms with E-state index in [0.29, 0.717) is 5.92 Å². The molecule has 0 amide bonds. The average molecular weight is 346 g/mol. The van der Waals surface area contributed by atoms with E-state index in [9.17, 15) is 0 Å². The van der Waals surface area contributed by atoms with Crippen molar-refractivity contribution < 1.29 is 0 Å². The quantitative estimate of drug-likeness (QED) is 0.716. The van der Waals surface area contributed by atoms with Crippen molar-refractivity contribution in [2.45, 2.75) is 88.8 Å². The second-order valence-corrected chi connectivity index (χ2v) is 10.2. The SMILES string of the molecule is CC[C@@]1(N)CC[C@H](c2ccc3c(c2)CC[C@H](CCSC(C)C)C3)C1. The summed E-state index contributed by atoms with van der Waals surface area (Å²) in [7, 11) is 0. The molecule has 0 spiro atoms. The van der Waals surface area contributed by atoms with Crippen LogP contribution in [0.3, 0.4) is 0 Å². The van der Waals surface area contributed by atoms with Crippen molar-refractivity contribution in [3.05, 3.63) is 34.9 Å². The molecule has 3 atom stereocenters. The Morgan fingerprint density at radius 2 is 2.08 bits per heavy atom. The van der Waals surface area contributed by atoms with Gasteiger partial charge in [-0.25, -0.2) is 0 Å². The number of hydrogen-bond acceptors (Lipinski definition) is 2. The van der Waals surface area contributed by atoms with Crippen LogP contribution in [0.5, 0.6) is 0 Å². The lowest BCUT2D eigenvalue weighted by Gasteiger charge is -2.26. The predicted octanol–water partition coefficient (Wildman–Crippen LogP) is 5.70. The predicted molar refractivity (Wildman–Crippen MR) is 108 cm³/mol. The highest BCUT2D eigenvalue weighted by Crippen LogP contribution is 2.42. The minimum absolute atomic E-state index is 0.0970. The number of fused-ring (bicyclic) bond motifs is 1. The zero-order valence-corrected chi connectivity index (χ0v) is 16.6. The molecule has 0 saturated heterocycles. The minimum atomic E-state index is 0.0970. The third-order valence-electron chi connectivity index (χ3n) is 6.36. The molecule has 1 saturated carbocycles. The Hall–Kier alpha value is -0.470. The molecule has 1 nitrogen and oxygen atoms in total. The molecule has 1 aromatic rings. The minimum Gasteiger partial charge on any atom is -0.325 e. The lowest BCUT2D eigenvalue weighted by Crippen LogP contribution is -2.35. The van der Waals surface area contributed by atoms with Gasteiger partial charge in [-0.2, -0.15) is 11.8 Å². The Morgan fingerprint density at radius 3 is 2.79 bits per heavy atom. The van der Waals surface area contributed by atoms with Gasteiger partial charge in [-0.15, -0.1) is 0 Å². The smallest absolute Gasteiger partial charge is 0.0157 e. The Kier molecular flexibility index (Phi) is 5.98. The largest absolute Gasteiger partial charge is 0.325 e. The van der Waals surface area contributed by atoms with Gasteiger partial charge in [0.25, 0.3) is 0 Å². The molecule has 1 aromatic carbocycles. The molecule has 2 heteroatoms. The first-order valence-electron chi connectivity index (χ1n) is 10.0. The topological polar surface area (TPSA) is 26.0 Å². The zero-order valence-electron chi connectivity index (χ0n) is 15.8. The first-order valence-corrected chi connectivity index (χ1v) is 11.1. The summed E-state index contributed by atoms with van der Waals surface area (Å²) < 4.78 is 0. The highest BCUT2D eigenvalue weighted by atomic mass is 32.2. The standard InChI is InChI=1S/C22H35NS/c1-4-22(23)11-9-21(15-22)20-8-7-18-13-17(5-6-19(18)14-20)10-12-24-16(2)3/h7-8,14,16-17,21H,4-6,9-13,15,23H2,1-3H3/t17-,21+,22-/m1/s1. The van der Waals surface area contributed by atoms with Gasteiger partial charge in [0.15, 0.2) is 0 Å². The number of thioether (sulfide) groups is 1. The van der Waals surface area contributed by atoms with Gasteiger partial charge in [0.1, 0.15) is 0 Å². The van der Waals surface area contributed by atoms with Crippen LogP contribution in [0.25, 0.3) is 0 Å². The molecule has 0 aromatic heterocycles. The van der Waals surface area contributed by atoms with E-state index in [-0.39, 0.29) is 5.54 Å². The summed E-state index contributed by atoms with van der Waals surface area (Å²) in [6, 6.07) is 7.38. The summed E-state index contributed by atoms with van der Waals surface area (Å²) in [5.74, 6) is 2.92. The maximum Gasteiger partial charge on any atom is 0.0157 e. The summed E-state index contributed by atoms with van der Waals surface area (Å²) in [6.45, 7) is 6.85. The molecule has 2 aliphatic carbocycles. The van der Waals surface area contributed by atoms with Gasteiger partial charge in [0.05, 0.1) is 0 Å². The van der Waals surface area contributed by atoms with Crippen molar-refractivity contribution in [3.63, 3.8) is 0 Å². The number of hydrogen-bond donors (Lipinski definition) is 1. The van der Waals surface area contributed by atoms with E-state index in [1.54, 1.807) is 16.7 Å². The van der Waals surface area contributed by atoms with Crippen LogP contribution in [0.15, 0.2) is 18.2 Å². The molecule has 0 bridgehead atoms. The summed E-state index contributed by atoms with van der Waals surface area (Å²) in [5.41, 5.74) is 11.4. The van der Waals surface area contributed by atoms with Crippen LogP contribution in [0.1, 0.15) is 81.9 Å². The molecule has 0 unspecified atom stereocenters. The maximum absolute atomic E-state index is 6.51. The normalized spacial score (nSPS) is 29.9. The summed E-state index contributed by atoms with van der Waals surface area (Å²) in [5, 5.41) is 0.771. The van der Waals surface area contributed by atoms with Crippen molar-refractivity contribution in [1.29, 1.82) is 0 Å². The van der Waals surface area contributed by atoms with E-state index >= 15 is 0 Å². The first-order chi connectivity index (χ1) is 11.5. The summed E-state index contributed by atoms with van der Waals surface area (Å²) in [6.07, 6.45) is 10.1. The van der Waals surface area contributed by atoms with Crippen LogP contribution in [0.4, 0.5) is 0 Å². The van der Waals surface area contributed by atoms with Crippen molar-refractivity contribution >= 4 is 11.8 Å². The molecular formula is C22H35NS. The molecule has 2 N–H and O–H groups in total. The number of aryl methyl sites for hydroxylation is 1. The Morgan fingerprint density at radius 1 is 1.25 bits per heavy atom. The van der Waals surface area contributed by atoms with Crippen LogP contribution < -0.4 is 5.73 Å². The van der Waals surface area contributed by atoms with Crippen molar-refractivity contribution in [2.24, 2.45) is 11.7 Å². The van der Waals surface area contributed by atoms with E-state index < -0.39 is 0 Å². The van der Waals surface area contributed by atoms with Gasteiger partial charge in [-0.3, -0.25) is 0 Å². The molecule has 3 rings (SSSR count). The fourth-order valence-corrected chi connectivity index (χ4v) is 5.52. The van der Waals surface area contributed by atoms with E-state index in [0.717, 1.165) is 17.6 Å². The molecule has 24 heavy (non-hydrogen) atoms. The third kappa shape index (κ3) is 4.38. The monoisotopic (exact) mass is 345 g/mol. The molecule has 2 aliphatic rings. The fourth-order valence-electron chi connectivity index (χ4n) is 4.58. The zero-order chi connectivity index (χ0) is 17.2.